The Hall–Kier alpha value is -3.43. The monoisotopic (exact) mass is 434 g/mol. The highest BCUT2D eigenvalue weighted by Crippen LogP contribution is 2.43. The summed E-state index contributed by atoms with van der Waals surface area (Å²) >= 11 is 0. The van der Waals surface area contributed by atoms with Crippen LogP contribution in [0.15, 0.2) is 47.7 Å². The topological polar surface area (TPSA) is 93.4 Å². The van der Waals surface area contributed by atoms with Gasteiger partial charge in [-0.2, -0.15) is 5.10 Å². The average Bonchev–Trinajstić information content (AvgIpc) is 3.20. The van der Waals surface area contributed by atoms with Crippen LogP contribution in [0.5, 0.6) is 0 Å². The molecule has 1 aromatic heterocycles. The Bertz CT molecular complexity index is 1200. The van der Waals surface area contributed by atoms with Crippen molar-refractivity contribution in [2.75, 3.05) is 19.1 Å². The number of anilines is 1. The zero-order valence-corrected chi connectivity index (χ0v) is 17.8. The molecule has 0 amide bonds. The molecule has 8 nitrogen and oxygen atoms in total. The van der Waals surface area contributed by atoms with E-state index in [-0.39, 0.29) is 12.3 Å². The highest BCUT2D eigenvalue weighted by atomic mass is 19.1. The van der Waals surface area contributed by atoms with E-state index in [4.69, 9.17) is 4.84 Å². The van der Waals surface area contributed by atoms with E-state index in [9.17, 15) is 9.18 Å². The first kappa shape index (κ1) is 20.5. The molecule has 0 spiro atoms. The molecule has 2 aliphatic rings. The Labute approximate surface area is 184 Å². The van der Waals surface area contributed by atoms with Crippen LogP contribution in [0.3, 0.4) is 0 Å². The third kappa shape index (κ3) is 3.39. The molecule has 164 valence electrons. The van der Waals surface area contributed by atoms with Crippen molar-refractivity contribution in [3.05, 3.63) is 76.6 Å². The number of hydrogen-bond acceptors (Lipinski definition) is 7. The van der Waals surface area contributed by atoms with Crippen molar-refractivity contribution in [2.45, 2.75) is 32.0 Å². The lowest BCUT2D eigenvalue weighted by Gasteiger charge is -2.27. The number of hydrogen-bond donors (Lipinski definition) is 2. The summed E-state index contributed by atoms with van der Waals surface area (Å²) in [5.41, 5.74) is 6.84. The third-order valence-electron chi connectivity index (χ3n) is 5.86. The fourth-order valence-corrected chi connectivity index (χ4v) is 4.40. The van der Waals surface area contributed by atoms with Gasteiger partial charge in [0.15, 0.2) is 5.78 Å². The quantitative estimate of drug-likeness (QED) is 0.641. The molecule has 0 bridgehead atoms. The molecule has 0 saturated heterocycles. The van der Waals surface area contributed by atoms with Crippen LogP contribution in [0, 0.1) is 5.82 Å². The predicted octanol–water partition coefficient (Wildman–Crippen LogP) is 3.02. The molecule has 0 radical (unpaired) electrons. The molecular weight excluding hydrogens is 411 g/mol. The lowest BCUT2D eigenvalue weighted by Crippen LogP contribution is -2.29. The van der Waals surface area contributed by atoms with Crippen LogP contribution in [-0.2, 0) is 17.9 Å². The van der Waals surface area contributed by atoms with Gasteiger partial charge < -0.3 is 5.32 Å². The van der Waals surface area contributed by atoms with Gasteiger partial charge in [0.2, 0.25) is 0 Å². The van der Waals surface area contributed by atoms with E-state index in [0.717, 1.165) is 17.7 Å². The maximum Gasteiger partial charge on any atom is 0.185 e. The van der Waals surface area contributed by atoms with Gasteiger partial charge in [-0.15, -0.1) is 0 Å². The number of aromatic nitrogens is 3. The normalized spacial score (nSPS) is 19.7. The number of aliphatic imine (C=N–C) groups is 1. The van der Waals surface area contributed by atoms with Crippen LogP contribution in [0.25, 0.3) is 0 Å². The maximum absolute atomic E-state index is 14.3. The third-order valence-corrected chi connectivity index (χ3v) is 5.86. The molecule has 0 fully saturated rings. The van der Waals surface area contributed by atoms with Crippen LogP contribution in [0.2, 0.25) is 0 Å². The van der Waals surface area contributed by atoms with Gasteiger partial charge in [0.05, 0.1) is 17.3 Å². The van der Waals surface area contributed by atoms with Crippen LogP contribution in [0.4, 0.5) is 10.1 Å². The van der Waals surface area contributed by atoms with Gasteiger partial charge in [-0.1, -0.05) is 24.3 Å². The van der Waals surface area contributed by atoms with Crippen molar-refractivity contribution < 1.29 is 14.0 Å². The van der Waals surface area contributed by atoms with Gasteiger partial charge in [-0.3, -0.25) is 20.1 Å². The smallest absolute Gasteiger partial charge is 0.185 e. The van der Waals surface area contributed by atoms with Crippen LogP contribution in [-0.4, -0.2) is 39.9 Å². The molecular formula is C23H23FN6O2. The first-order valence-corrected chi connectivity index (χ1v) is 10.5. The van der Waals surface area contributed by atoms with E-state index in [1.54, 1.807) is 4.68 Å². The second-order valence-corrected chi connectivity index (χ2v) is 7.82. The van der Waals surface area contributed by atoms with Gasteiger partial charge in [0, 0.05) is 24.2 Å². The molecule has 2 atom stereocenters. The van der Waals surface area contributed by atoms with Crippen LogP contribution < -0.4 is 10.8 Å². The van der Waals surface area contributed by atoms with Gasteiger partial charge >= 0.3 is 0 Å². The number of nitrogens with zero attached hydrogens (tertiary/aromatic N) is 4. The molecule has 9 heteroatoms. The number of carbonyl (C=O) groups is 1. The fraction of sp³-hybridized carbons (Fsp3) is 0.304. The van der Waals surface area contributed by atoms with E-state index in [0.29, 0.717) is 34.9 Å². The van der Waals surface area contributed by atoms with Crippen molar-refractivity contribution in [3.8, 4) is 0 Å². The zero-order valence-electron chi connectivity index (χ0n) is 17.8. The van der Waals surface area contributed by atoms with Gasteiger partial charge in [0.25, 0.3) is 0 Å². The highest BCUT2D eigenvalue weighted by Gasteiger charge is 2.41. The lowest BCUT2D eigenvalue weighted by molar-refractivity contribution is 0.0918. The molecule has 2 aliphatic heterocycles. The van der Waals surface area contributed by atoms with Crippen molar-refractivity contribution in [1.29, 1.82) is 0 Å². The number of rotatable bonds is 5. The van der Waals surface area contributed by atoms with E-state index >= 15 is 0 Å². The van der Waals surface area contributed by atoms with E-state index in [1.807, 2.05) is 38.2 Å². The summed E-state index contributed by atoms with van der Waals surface area (Å²) in [6.07, 6.45) is 0.981. The van der Waals surface area contributed by atoms with Crippen molar-refractivity contribution in [1.82, 2.24) is 20.1 Å². The Morgan fingerprint density at radius 3 is 2.84 bits per heavy atom. The number of carbonyl (C=O) groups excluding carboxylic acids is 1. The Balaban J connectivity index is 1.69. The second-order valence-electron chi connectivity index (χ2n) is 7.82. The standard InChI is InChI=1S/C23H23FN6O2/c1-3-30-23(27-12-28-30)20-21-19-16(18(31)11-26-21)8-15(24)9-17(19)29-32-22(20)14-6-4-13(5-7-14)10-25-2/h4-9,12,20,22,25,29H,3,10-11H2,1-2H3. The molecule has 5 rings (SSSR count). The first-order valence-electron chi connectivity index (χ1n) is 10.5. The molecule has 0 aliphatic carbocycles. The van der Waals surface area contributed by atoms with E-state index in [2.05, 4.69) is 25.9 Å². The van der Waals surface area contributed by atoms with Crippen molar-refractivity contribution in [3.63, 3.8) is 0 Å². The summed E-state index contributed by atoms with van der Waals surface area (Å²) in [6.45, 7) is 3.30. The largest absolute Gasteiger partial charge is 0.316 e. The Morgan fingerprint density at radius 1 is 1.28 bits per heavy atom. The molecule has 3 heterocycles. The summed E-state index contributed by atoms with van der Waals surface area (Å²) in [5, 5.41) is 7.48. The molecule has 0 saturated carbocycles. The van der Waals surface area contributed by atoms with Crippen LogP contribution >= 0.6 is 0 Å². The number of halogens is 1. The Morgan fingerprint density at radius 2 is 2.09 bits per heavy atom. The summed E-state index contributed by atoms with van der Waals surface area (Å²) in [4.78, 5) is 27.9. The van der Waals surface area contributed by atoms with Crippen molar-refractivity contribution in [2.24, 2.45) is 4.99 Å². The van der Waals surface area contributed by atoms with E-state index < -0.39 is 17.8 Å². The fourth-order valence-electron chi connectivity index (χ4n) is 4.40. The van der Waals surface area contributed by atoms with Crippen molar-refractivity contribution >= 4 is 17.2 Å². The van der Waals surface area contributed by atoms with E-state index in [1.165, 1.54) is 18.5 Å². The highest BCUT2D eigenvalue weighted by molar-refractivity contribution is 6.20. The predicted molar refractivity (Wildman–Crippen MR) is 117 cm³/mol. The average molecular weight is 434 g/mol. The molecule has 2 N–H and O–H groups in total. The second kappa shape index (κ2) is 8.25. The van der Waals surface area contributed by atoms with Gasteiger partial charge in [-0.05, 0) is 37.2 Å². The van der Waals surface area contributed by atoms with Gasteiger partial charge in [0.1, 0.15) is 30.6 Å². The maximum atomic E-state index is 14.3. The van der Waals surface area contributed by atoms with Gasteiger partial charge in [-0.25, -0.2) is 14.1 Å². The minimum Gasteiger partial charge on any atom is -0.316 e. The SMILES string of the molecule is CCn1ncnc1C1C2=NCC(=O)c3cc(F)cc(c32)NOC1c1ccc(CNC)cc1. The number of aryl methyl sites for hydroxylation is 1. The summed E-state index contributed by atoms with van der Waals surface area (Å²) < 4.78 is 16.1. The first-order chi connectivity index (χ1) is 15.6. The molecule has 2 unspecified atom stereocenters. The minimum atomic E-state index is -0.525. The number of Topliss-reactive ketones (excluding diaryl/α,β-unsaturated/α-hetero) is 1. The number of ketones is 1. The van der Waals surface area contributed by atoms with Crippen LogP contribution in [0.1, 0.15) is 51.8 Å². The molecule has 32 heavy (non-hydrogen) atoms. The molecule has 2 aromatic carbocycles. The summed E-state index contributed by atoms with van der Waals surface area (Å²) in [6, 6.07) is 10.7. The number of nitrogens with one attached hydrogen (secondary N) is 2. The number of benzene rings is 2. The lowest BCUT2D eigenvalue weighted by atomic mass is 9.83. The summed E-state index contributed by atoms with van der Waals surface area (Å²) in [7, 11) is 1.90. The Kier molecular flexibility index (Phi) is 5.28. The zero-order chi connectivity index (χ0) is 22.2. The minimum absolute atomic E-state index is 0.0458. The molecule has 3 aromatic rings. The summed E-state index contributed by atoms with van der Waals surface area (Å²) in [5.74, 6) is -0.502.